The molecule has 10 heteroatoms. The van der Waals surface area contributed by atoms with Gasteiger partial charge in [0.05, 0.1) is 26.4 Å². The number of ether oxygens (including phenoxy) is 1. The number of imide groups is 2. The number of esters is 1. The van der Waals surface area contributed by atoms with Gasteiger partial charge in [-0.3, -0.25) is 29.0 Å². The average molecular weight is 468 g/mol. The molecule has 0 saturated carbocycles. The van der Waals surface area contributed by atoms with Crippen LogP contribution in [0.2, 0.25) is 0 Å². The van der Waals surface area contributed by atoms with Crippen molar-refractivity contribution in [3.8, 4) is 0 Å². The number of amides is 4. The number of benzene rings is 2. The Morgan fingerprint density at radius 1 is 0.794 bits per heavy atom. The molecule has 2 aromatic carbocycles. The van der Waals surface area contributed by atoms with E-state index in [1.807, 2.05) is 13.8 Å². The van der Waals surface area contributed by atoms with Crippen LogP contribution in [-0.4, -0.2) is 82.0 Å². The molecule has 4 amide bonds. The second-order valence-electron chi connectivity index (χ2n) is 8.72. The number of aliphatic hydroxyl groups excluding tert-OH is 2. The topological polar surface area (TPSA) is 142 Å². The van der Waals surface area contributed by atoms with Crippen molar-refractivity contribution in [3.63, 3.8) is 0 Å². The van der Waals surface area contributed by atoms with Gasteiger partial charge in [0.15, 0.2) is 6.04 Å². The van der Waals surface area contributed by atoms with Gasteiger partial charge >= 0.3 is 5.97 Å². The van der Waals surface area contributed by atoms with E-state index in [2.05, 4.69) is 4.74 Å². The second kappa shape index (κ2) is 8.62. The van der Waals surface area contributed by atoms with Crippen molar-refractivity contribution in [3.05, 3.63) is 46.5 Å². The third-order valence-corrected chi connectivity index (χ3v) is 6.23. The fraction of sp³-hybridized carbons (Fsp3) is 0.375. The van der Waals surface area contributed by atoms with Gasteiger partial charge in [-0.05, 0) is 36.6 Å². The van der Waals surface area contributed by atoms with E-state index in [-0.39, 0.29) is 38.9 Å². The van der Waals surface area contributed by atoms with Crippen LogP contribution in [0.1, 0.15) is 61.7 Å². The van der Waals surface area contributed by atoms with E-state index < -0.39 is 54.9 Å². The maximum atomic E-state index is 13.4. The van der Waals surface area contributed by atoms with Gasteiger partial charge in [0, 0.05) is 33.0 Å². The highest BCUT2D eigenvalue weighted by molar-refractivity contribution is 6.33. The third-order valence-electron chi connectivity index (χ3n) is 6.23. The van der Waals surface area contributed by atoms with Gasteiger partial charge in [-0.2, -0.15) is 0 Å². The lowest BCUT2D eigenvalue weighted by Gasteiger charge is -2.36. The number of carbonyl (C=O) groups excluding carboxylic acids is 5. The molecule has 34 heavy (non-hydrogen) atoms. The van der Waals surface area contributed by atoms with Crippen LogP contribution in [-0.2, 0) is 9.53 Å². The fourth-order valence-corrected chi connectivity index (χ4v) is 4.73. The highest BCUT2D eigenvalue weighted by Crippen LogP contribution is 2.39. The van der Waals surface area contributed by atoms with Gasteiger partial charge in [-0.1, -0.05) is 13.8 Å². The van der Waals surface area contributed by atoms with Crippen molar-refractivity contribution in [2.45, 2.75) is 32.4 Å². The Morgan fingerprint density at radius 3 is 1.53 bits per heavy atom. The Bertz CT molecular complexity index is 1180. The van der Waals surface area contributed by atoms with E-state index in [0.29, 0.717) is 11.3 Å². The number of hydrogen-bond acceptors (Lipinski definition) is 8. The number of methoxy groups -OCH3 is 1. The molecule has 178 valence electrons. The van der Waals surface area contributed by atoms with E-state index in [0.717, 1.165) is 12.0 Å². The molecule has 2 atom stereocenters. The van der Waals surface area contributed by atoms with Gasteiger partial charge in [0.2, 0.25) is 0 Å². The fourth-order valence-electron chi connectivity index (χ4n) is 4.73. The Labute approximate surface area is 194 Å². The lowest BCUT2D eigenvalue weighted by atomic mass is 9.85. The minimum Gasteiger partial charge on any atom is -0.467 e. The summed E-state index contributed by atoms with van der Waals surface area (Å²) in [4.78, 5) is 67.0. The molecule has 0 saturated heterocycles. The molecule has 10 nitrogen and oxygen atoms in total. The molecular weight excluding hydrogens is 444 g/mol. The largest absolute Gasteiger partial charge is 0.467 e. The van der Waals surface area contributed by atoms with Gasteiger partial charge < -0.3 is 14.9 Å². The molecule has 0 aliphatic carbocycles. The first-order chi connectivity index (χ1) is 16.2. The molecule has 2 N–H and O–H groups in total. The quantitative estimate of drug-likeness (QED) is 0.452. The summed E-state index contributed by atoms with van der Waals surface area (Å²) in [6, 6.07) is 3.25. The molecular formula is C24H24N2O8. The summed E-state index contributed by atoms with van der Waals surface area (Å²) >= 11 is 0. The highest BCUT2D eigenvalue weighted by Gasteiger charge is 2.44. The number of hydrogen-bond donors (Lipinski definition) is 2. The van der Waals surface area contributed by atoms with Crippen LogP contribution in [0, 0.1) is 5.92 Å². The van der Waals surface area contributed by atoms with Crippen molar-refractivity contribution in [1.82, 2.24) is 9.80 Å². The Balaban J connectivity index is 1.90. The number of carbonyl (C=O) groups is 5. The zero-order valence-corrected chi connectivity index (χ0v) is 18.9. The van der Waals surface area contributed by atoms with Crippen molar-refractivity contribution >= 4 is 40.4 Å². The van der Waals surface area contributed by atoms with E-state index in [1.54, 1.807) is 0 Å². The first kappa shape index (κ1) is 23.5. The molecule has 0 spiro atoms. The van der Waals surface area contributed by atoms with E-state index in [1.165, 1.54) is 24.3 Å². The SMILES string of the molecule is COC(=O)C(CO)N1C(=O)c2ccc3c4c(ccc(c24)C1=O)C(=O)N(C(CO)CC(C)C)C3=O. The van der Waals surface area contributed by atoms with Crippen molar-refractivity contribution in [2.75, 3.05) is 20.3 Å². The standard InChI is InChI=1S/C24H24N2O8/c1-11(2)8-12(9-27)25-20(29)13-4-6-15-19-16(7-5-14(18(13)19)21(25)30)23(32)26(22(15)31)17(10-28)24(33)34-3/h4-7,11-12,17,27-28H,8-10H2,1-3H3. The monoisotopic (exact) mass is 468 g/mol. The summed E-state index contributed by atoms with van der Waals surface area (Å²) in [6.45, 7) is 2.60. The van der Waals surface area contributed by atoms with Crippen LogP contribution in [0.3, 0.4) is 0 Å². The lowest BCUT2D eigenvalue weighted by Crippen LogP contribution is -2.53. The van der Waals surface area contributed by atoms with E-state index in [4.69, 9.17) is 0 Å². The van der Waals surface area contributed by atoms with Gasteiger partial charge in [0.25, 0.3) is 23.6 Å². The molecule has 0 aromatic heterocycles. The molecule has 0 fully saturated rings. The minimum atomic E-state index is -1.54. The molecule has 2 aliphatic heterocycles. The Kier molecular flexibility index (Phi) is 5.96. The summed E-state index contributed by atoms with van der Waals surface area (Å²) in [5, 5.41) is 19.9. The molecule has 2 aromatic rings. The van der Waals surface area contributed by atoms with Gasteiger partial charge in [-0.25, -0.2) is 4.79 Å². The summed E-state index contributed by atoms with van der Waals surface area (Å²) < 4.78 is 4.62. The van der Waals surface area contributed by atoms with Crippen molar-refractivity contribution in [2.24, 2.45) is 5.92 Å². The van der Waals surface area contributed by atoms with Crippen molar-refractivity contribution in [1.29, 1.82) is 0 Å². The van der Waals surface area contributed by atoms with Crippen LogP contribution < -0.4 is 0 Å². The number of aliphatic hydroxyl groups is 2. The summed E-state index contributed by atoms with van der Waals surface area (Å²) in [5.74, 6) is -3.77. The molecule has 2 heterocycles. The predicted octanol–water partition coefficient (Wildman–Crippen LogP) is 0.973. The highest BCUT2D eigenvalue weighted by atomic mass is 16.5. The maximum absolute atomic E-state index is 13.4. The average Bonchev–Trinajstić information content (AvgIpc) is 2.82. The molecule has 2 unspecified atom stereocenters. The third kappa shape index (κ3) is 3.29. The van der Waals surface area contributed by atoms with Crippen molar-refractivity contribution < 1.29 is 38.9 Å². The predicted molar refractivity (Wildman–Crippen MR) is 118 cm³/mol. The zero-order chi connectivity index (χ0) is 24.9. The maximum Gasteiger partial charge on any atom is 0.331 e. The van der Waals surface area contributed by atoms with Crippen LogP contribution >= 0.6 is 0 Å². The first-order valence-electron chi connectivity index (χ1n) is 10.8. The molecule has 0 radical (unpaired) electrons. The number of nitrogens with zero attached hydrogens (tertiary/aromatic N) is 2. The van der Waals surface area contributed by atoms with E-state index >= 15 is 0 Å². The Morgan fingerprint density at radius 2 is 1.21 bits per heavy atom. The molecule has 4 rings (SSSR count). The minimum absolute atomic E-state index is 0.0208. The summed E-state index contributed by atoms with van der Waals surface area (Å²) in [6.07, 6.45) is 0.407. The summed E-state index contributed by atoms with van der Waals surface area (Å²) in [7, 11) is 1.07. The Hall–Kier alpha value is -3.63. The zero-order valence-electron chi connectivity index (χ0n) is 18.9. The molecule has 2 aliphatic rings. The van der Waals surface area contributed by atoms with Crippen LogP contribution in [0.4, 0.5) is 0 Å². The van der Waals surface area contributed by atoms with Gasteiger partial charge in [-0.15, -0.1) is 0 Å². The van der Waals surface area contributed by atoms with Gasteiger partial charge in [0.1, 0.15) is 0 Å². The first-order valence-corrected chi connectivity index (χ1v) is 10.8. The normalized spacial score (nSPS) is 17.0. The van der Waals surface area contributed by atoms with Crippen LogP contribution in [0.5, 0.6) is 0 Å². The van der Waals surface area contributed by atoms with Crippen LogP contribution in [0.15, 0.2) is 24.3 Å². The second-order valence-corrected chi connectivity index (χ2v) is 8.72. The molecule has 0 bridgehead atoms. The smallest absolute Gasteiger partial charge is 0.331 e. The van der Waals surface area contributed by atoms with E-state index in [9.17, 15) is 34.2 Å². The number of rotatable bonds is 7. The van der Waals surface area contributed by atoms with Crippen LogP contribution in [0.25, 0.3) is 10.8 Å². The summed E-state index contributed by atoms with van der Waals surface area (Å²) in [5.41, 5.74) is 0.316. The lowest BCUT2D eigenvalue weighted by molar-refractivity contribution is -0.146.